The average Bonchev–Trinajstić information content (AvgIpc) is 2.78. The highest BCUT2D eigenvalue weighted by molar-refractivity contribution is 5.96. The molecule has 4 nitrogen and oxygen atoms in total. The maximum Gasteiger partial charge on any atom is 0.272 e. The van der Waals surface area contributed by atoms with Gasteiger partial charge in [-0.1, -0.05) is 36.4 Å². The Bertz CT molecular complexity index is 1000. The van der Waals surface area contributed by atoms with Crippen LogP contribution in [0, 0.1) is 11.7 Å². The summed E-state index contributed by atoms with van der Waals surface area (Å²) in [6.07, 6.45) is 4.97. The van der Waals surface area contributed by atoms with Crippen LogP contribution in [0.2, 0.25) is 0 Å². The number of pyridine rings is 1. The molecule has 0 radical (unpaired) electrons. The number of hydrogen-bond acceptors (Lipinski definition) is 3. The van der Waals surface area contributed by atoms with Crippen molar-refractivity contribution in [2.45, 2.75) is 19.3 Å². The molecule has 0 bridgehead atoms. The number of fused-ring (bicyclic) bond motifs is 1. The Labute approximate surface area is 177 Å². The van der Waals surface area contributed by atoms with Gasteiger partial charge in [-0.2, -0.15) is 0 Å². The highest BCUT2D eigenvalue weighted by Gasteiger charge is 2.23. The number of likely N-dealkylation sites (tertiary alicyclic amines) is 1. The molecule has 5 heteroatoms. The molecule has 4 rings (SSSR count). The molecule has 1 aliphatic heterocycles. The summed E-state index contributed by atoms with van der Waals surface area (Å²) in [5, 5.41) is 2.08. The molecule has 0 saturated carbocycles. The van der Waals surface area contributed by atoms with E-state index in [0.717, 1.165) is 61.8 Å². The zero-order valence-corrected chi connectivity index (χ0v) is 17.4. The van der Waals surface area contributed by atoms with E-state index in [-0.39, 0.29) is 11.7 Å². The van der Waals surface area contributed by atoms with Gasteiger partial charge in [0.15, 0.2) is 0 Å². The van der Waals surface area contributed by atoms with E-state index >= 15 is 0 Å². The quantitative estimate of drug-likeness (QED) is 0.610. The van der Waals surface area contributed by atoms with Crippen molar-refractivity contribution in [1.82, 2.24) is 14.8 Å². The molecule has 30 heavy (non-hydrogen) atoms. The van der Waals surface area contributed by atoms with Crippen LogP contribution in [-0.2, 0) is 6.42 Å². The molecule has 156 valence electrons. The first-order valence-corrected chi connectivity index (χ1v) is 10.7. The first-order valence-electron chi connectivity index (χ1n) is 10.7. The van der Waals surface area contributed by atoms with Crippen LogP contribution in [0.25, 0.3) is 10.8 Å². The Morgan fingerprint density at radius 1 is 1.17 bits per heavy atom. The third-order valence-corrected chi connectivity index (χ3v) is 5.96. The fourth-order valence-electron chi connectivity index (χ4n) is 4.31. The fourth-order valence-corrected chi connectivity index (χ4v) is 4.31. The van der Waals surface area contributed by atoms with E-state index in [1.54, 1.807) is 6.20 Å². The van der Waals surface area contributed by atoms with Crippen LogP contribution in [0.1, 0.15) is 28.9 Å². The molecule has 0 N–H and O–H groups in total. The van der Waals surface area contributed by atoms with Gasteiger partial charge in [0.05, 0.1) is 0 Å². The summed E-state index contributed by atoms with van der Waals surface area (Å²) in [5.74, 6) is 0.246. The van der Waals surface area contributed by atoms with Gasteiger partial charge < -0.3 is 9.80 Å². The number of hydrogen-bond donors (Lipinski definition) is 0. The van der Waals surface area contributed by atoms with E-state index in [1.165, 1.54) is 12.1 Å². The molecule has 1 aliphatic rings. The Kier molecular flexibility index (Phi) is 6.38. The van der Waals surface area contributed by atoms with E-state index in [1.807, 2.05) is 54.4 Å². The van der Waals surface area contributed by atoms with Crippen LogP contribution >= 0.6 is 0 Å². The lowest BCUT2D eigenvalue weighted by molar-refractivity contribution is 0.0725. The van der Waals surface area contributed by atoms with E-state index < -0.39 is 0 Å². The monoisotopic (exact) mass is 405 g/mol. The zero-order chi connectivity index (χ0) is 20.9. The summed E-state index contributed by atoms with van der Waals surface area (Å²) >= 11 is 0. The number of rotatable bonds is 6. The summed E-state index contributed by atoms with van der Waals surface area (Å²) in [6, 6.07) is 16.6. The van der Waals surface area contributed by atoms with Crippen LogP contribution in [0.15, 0.2) is 60.8 Å². The Morgan fingerprint density at radius 3 is 2.73 bits per heavy atom. The number of carbonyl (C=O) groups excluding carboxylic acids is 1. The average molecular weight is 406 g/mol. The van der Waals surface area contributed by atoms with E-state index in [2.05, 4.69) is 9.88 Å². The zero-order valence-electron chi connectivity index (χ0n) is 17.4. The maximum absolute atomic E-state index is 13.1. The molecule has 1 saturated heterocycles. The number of piperidine rings is 1. The number of amides is 1. The largest absolute Gasteiger partial charge is 0.340 e. The van der Waals surface area contributed by atoms with Gasteiger partial charge in [0.2, 0.25) is 0 Å². The standard InChI is InChI=1S/C25H28FN3O/c1-28(25(30)24-15-21-6-2-3-7-22(21)16-27-24)17-20-5-4-13-29(18-20)14-12-19-8-10-23(26)11-9-19/h2-3,6-11,15-16,20H,4-5,12-14,17-18H2,1H3/t20-/m0/s1. The lowest BCUT2D eigenvalue weighted by Gasteiger charge is -2.34. The van der Waals surface area contributed by atoms with Crippen molar-refractivity contribution in [1.29, 1.82) is 0 Å². The lowest BCUT2D eigenvalue weighted by atomic mass is 9.97. The van der Waals surface area contributed by atoms with Crippen molar-refractivity contribution in [2.75, 3.05) is 33.2 Å². The van der Waals surface area contributed by atoms with Gasteiger partial charge >= 0.3 is 0 Å². The van der Waals surface area contributed by atoms with Crippen molar-refractivity contribution in [2.24, 2.45) is 5.92 Å². The third kappa shape index (κ3) is 5.03. The van der Waals surface area contributed by atoms with Gasteiger partial charge in [-0.25, -0.2) is 4.39 Å². The van der Waals surface area contributed by atoms with Crippen molar-refractivity contribution in [3.05, 3.63) is 77.9 Å². The minimum absolute atomic E-state index is 0.0239. The van der Waals surface area contributed by atoms with Crippen LogP contribution in [0.5, 0.6) is 0 Å². The lowest BCUT2D eigenvalue weighted by Crippen LogP contribution is -2.42. The maximum atomic E-state index is 13.1. The summed E-state index contributed by atoms with van der Waals surface area (Å²) < 4.78 is 13.1. The van der Waals surface area contributed by atoms with Crippen LogP contribution in [-0.4, -0.2) is 53.9 Å². The first-order chi connectivity index (χ1) is 14.6. The normalized spacial score (nSPS) is 17.2. The SMILES string of the molecule is CN(C[C@@H]1CCCN(CCc2ccc(F)cc2)C1)C(=O)c1cc2ccccc2cn1. The topological polar surface area (TPSA) is 36.4 Å². The molecule has 1 atom stereocenters. The van der Waals surface area contributed by atoms with Crippen molar-refractivity contribution < 1.29 is 9.18 Å². The highest BCUT2D eigenvalue weighted by atomic mass is 19.1. The molecule has 1 fully saturated rings. The summed E-state index contributed by atoms with van der Waals surface area (Å²) in [4.78, 5) is 21.6. The number of carbonyl (C=O) groups is 1. The molecular weight excluding hydrogens is 377 g/mol. The number of halogens is 1. The Balaban J connectivity index is 1.32. The second-order valence-electron chi connectivity index (χ2n) is 8.29. The Hall–Kier alpha value is -2.79. The molecule has 0 unspecified atom stereocenters. The van der Waals surface area contributed by atoms with Gasteiger partial charge in [0.1, 0.15) is 11.5 Å². The molecule has 1 amide bonds. The van der Waals surface area contributed by atoms with E-state index in [0.29, 0.717) is 11.6 Å². The molecule has 0 spiro atoms. The smallest absolute Gasteiger partial charge is 0.272 e. The summed E-state index contributed by atoms with van der Waals surface area (Å²) in [6.45, 7) is 3.78. The number of aromatic nitrogens is 1. The van der Waals surface area contributed by atoms with E-state index in [4.69, 9.17) is 0 Å². The van der Waals surface area contributed by atoms with Crippen LogP contribution < -0.4 is 0 Å². The van der Waals surface area contributed by atoms with Crippen LogP contribution in [0.3, 0.4) is 0 Å². The minimum atomic E-state index is -0.189. The number of nitrogens with zero attached hydrogens (tertiary/aromatic N) is 3. The predicted molar refractivity (Wildman–Crippen MR) is 118 cm³/mol. The third-order valence-electron chi connectivity index (χ3n) is 5.96. The fraction of sp³-hybridized carbons (Fsp3) is 0.360. The van der Waals surface area contributed by atoms with Crippen molar-refractivity contribution in [3.8, 4) is 0 Å². The molecular formula is C25H28FN3O. The van der Waals surface area contributed by atoms with Gasteiger partial charge in [-0.05, 0) is 60.9 Å². The molecule has 2 heterocycles. The van der Waals surface area contributed by atoms with Gasteiger partial charge in [-0.15, -0.1) is 0 Å². The number of benzene rings is 2. The second-order valence-corrected chi connectivity index (χ2v) is 8.29. The van der Waals surface area contributed by atoms with Crippen molar-refractivity contribution in [3.63, 3.8) is 0 Å². The predicted octanol–water partition coefficient (Wildman–Crippen LogP) is 4.40. The molecule has 1 aromatic heterocycles. The first kappa shape index (κ1) is 20.5. The van der Waals surface area contributed by atoms with Crippen molar-refractivity contribution >= 4 is 16.7 Å². The molecule has 0 aliphatic carbocycles. The molecule has 3 aromatic rings. The molecule has 2 aromatic carbocycles. The summed E-state index contributed by atoms with van der Waals surface area (Å²) in [5.41, 5.74) is 1.66. The van der Waals surface area contributed by atoms with E-state index in [9.17, 15) is 9.18 Å². The van der Waals surface area contributed by atoms with Gasteiger partial charge in [0.25, 0.3) is 5.91 Å². The summed E-state index contributed by atoms with van der Waals surface area (Å²) in [7, 11) is 1.87. The van der Waals surface area contributed by atoms with Crippen LogP contribution in [0.4, 0.5) is 4.39 Å². The van der Waals surface area contributed by atoms with Gasteiger partial charge in [0, 0.05) is 38.3 Å². The second kappa shape index (κ2) is 9.35. The highest BCUT2D eigenvalue weighted by Crippen LogP contribution is 2.19. The minimum Gasteiger partial charge on any atom is -0.340 e. The Morgan fingerprint density at radius 2 is 1.93 bits per heavy atom. The van der Waals surface area contributed by atoms with Gasteiger partial charge in [-0.3, -0.25) is 9.78 Å².